The molecule has 0 saturated heterocycles. The van der Waals surface area contributed by atoms with Crippen molar-refractivity contribution in [3.05, 3.63) is 58.1 Å². The van der Waals surface area contributed by atoms with Crippen molar-refractivity contribution in [1.82, 2.24) is 5.32 Å². The lowest BCUT2D eigenvalue weighted by Crippen LogP contribution is -2.33. The van der Waals surface area contributed by atoms with Crippen LogP contribution in [-0.4, -0.2) is 26.8 Å². The molecule has 0 aliphatic rings. The molecule has 2 rings (SSSR count). The van der Waals surface area contributed by atoms with Gasteiger partial charge in [-0.3, -0.25) is 9.59 Å². The van der Waals surface area contributed by atoms with Gasteiger partial charge in [-0.15, -0.1) is 0 Å². The third kappa shape index (κ3) is 4.81. The van der Waals surface area contributed by atoms with Crippen LogP contribution >= 0.6 is 11.6 Å². The first kappa shape index (κ1) is 19.9. The van der Waals surface area contributed by atoms with Gasteiger partial charge in [0.15, 0.2) is 0 Å². The Hall–Kier alpha value is -2.42. The van der Waals surface area contributed by atoms with Crippen molar-refractivity contribution in [2.45, 2.75) is 18.7 Å². The van der Waals surface area contributed by atoms with Crippen molar-refractivity contribution in [2.24, 2.45) is 5.14 Å². The molecule has 2 amide bonds. The molecule has 0 aromatic heterocycles. The highest BCUT2D eigenvalue weighted by Gasteiger charge is 2.17. The molecule has 4 N–H and O–H groups in total. The highest BCUT2D eigenvalue weighted by atomic mass is 35.5. The van der Waals surface area contributed by atoms with Gasteiger partial charge in [0.05, 0.1) is 22.0 Å². The van der Waals surface area contributed by atoms with Crippen LogP contribution in [0.1, 0.15) is 21.5 Å². The van der Waals surface area contributed by atoms with E-state index in [-0.39, 0.29) is 22.0 Å². The van der Waals surface area contributed by atoms with Crippen molar-refractivity contribution in [3.63, 3.8) is 0 Å². The highest BCUT2D eigenvalue weighted by molar-refractivity contribution is 7.89. The summed E-state index contributed by atoms with van der Waals surface area (Å²) >= 11 is 5.93. The van der Waals surface area contributed by atoms with Crippen molar-refractivity contribution >= 4 is 39.1 Å². The summed E-state index contributed by atoms with van der Waals surface area (Å²) in [7, 11) is -3.98. The van der Waals surface area contributed by atoms with Crippen molar-refractivity contribution < 1.29 is 18.0 Å². The number of carbonyl (C=O) groups is 2. The number of amides is 2. The average molecular weight is 396 g/mol. The molecule has 7 nitrogen and oxygen atoms in total. The molecule has 2 aromatic carbocycles. The number of benzene rings is 2. The molecule has 138 valence electrons. The second-order valence-corrected chi connectivity index (χ2v) is 7.65. The van der Waals surface area contributed by atoms with Gasteiger partial charge in [0.2, 0.25) is 15.9 Å². The SMILES string of the molecule is Cc1cccc(C)c1NC(=O)CNC(=O)c1cc(S(N)(=O)=O)ccc1Cl. The van der Waals surface area contributed by atoms with Gasteiger partial charge in [-0.25, -0.2) is 13.6 Å². The summed E-state index contributed by atoms with van der Waals surface area (Å²) in [6.45, 7) is 3.42. The van der Waals surface area contributed by atoms with E-state index in [1.807, 2.05) is 32.0 Å². The number of carbonyl (C=O) groups excluding carboxylic acids is 2. The zero-order chi connectivity index (χ0) is 19.5. The number of para-hydroxylation sites is 1. The number of hydrogen-bond donors (Lipinski definition) is 3. The molecule has 0 radical (unpaired) electrons. The number of nitrogens with one attached hydrogen (secondary N) is 2. The molecule has 0 aliphatic carbocycles. The van der Waals surface area contributed by atoms with Gasteiger partial charge in [-0.2, -0.15) is 0 Å². The summed E-state index contributed by atoms with van der Waals surface area (Å²) in [5.74, 6) is -1.10. The lowest BCUT2D eigenvalue weighted by molar-refractivity contribution is -0.115. The molecule has 0 atom stereocenters. The van der Waals surface area contributed by atoms with E-state index in [1.165, 1.54) is 12.1 Å². The number of halogens is 1. The number of nitrogens with two attached hydrogens (primary N) is 1. The van der Waals surface area contributed by atoms with Gasteiger partial charge in [-0.05, 0) is 43.2 Å². The van der Waals surface area contributed by atoms with Crippen molar-refractivity contribution in [1.29, 1.82) is 0 Å². The summed E-state index contributed by atoms with van der Waals surface area (Å²) in [6, 6.07) is 9.12. The van der Waals surface area contributed by atoms with E-state index in [4.69, 9.17) is 16.7 Å². The van der Waals surface area contributed by atoms with Gasteiger partial charge in [0, 0.05) is 5.69 Å². The fourth-order valence-electron chi connectivity index (χ4n) is 2.31. The molecular formula is C17H18ClN3O4S. The Kier molecular flexibility index (Phi) is 6.01. The zero-order valence-electron chi connectivity index (χ0n) is 14.2. The first-order valence-electron chi connectivity index (χ1n) is 7.56. The summed E-state index contributed by atoms with van der Waals surface area (Å²) < 4.78 is 22.8. The van der Waals surface area contributed by atoms with Crippen LogP contribution in [0.2, 0.25) is 5.02 Å². The largest absolute Gasteiger partial charge is 0.343 e. The van der Waals surface area contributed by atoms with E-state index in [0.717, 1.165) is 17.2 Å². The van der Waals surface area contributed by atoms with Crippen LogP contribution in [0, 0.1) is 13.8 Å². The molecule has 0 saturated carbocycles. The number of anilines is 1. The van der Waals surface area contributed by atoms with Gasteiger partial charge in [-0.1, -0.05) is 29.8 Å². The van der Waals surface area contributed by atoms with Crippen LogP contribution in [0.4, 0.5) is 5.69 Å². The van der Waals surface area contributed by atoms with Crippen LogP contribution in [0.5, 0.6) is 0 Å². The Morgan fingerprint density at radius 3 is 2.31 bits per heavy atom. The van der Waals surface area contributed by atoms with Crippen LogP contribution in [0.25, 0.3) is 0 Å². The molecular weight excluding hydrogens is 378 g/mol. The van der Waals surface area contributed by atoms with E-state index < -0.39 is 21.8 Å². The lowest BCUT2D eigenvalue weighted by Gasteiger charge is -2.12. The minimum atomic E-state index is -3.98. The molecule has 0 fully saturated rings. The van der Waals surface area contributed by atoms with Crippen molar-refractivity contribution in [2.75, 3.05) is 11.9 Å². The smallest absolute Gasteiger partial charge is 0.253 e. The van der Waals surface area contributed by atoms with E-state index in [9.17, 15) is 18.0 Å². The zero-order valence-corrected chi connectivity index (χ0v) is 15.7. The second kappa shape index (κ2) is 7.86. The Morgan fingerprint density at radius 2 is 1.73 bits per heavy atom. The van der Waals surface area contributed by atoms with Crippen molar-refractivity contribution in [3.8, 4) is 0 Å². The Bertz CT molecular complexity index is 954. The average Bonchev–Trinajstić information content (AvgIpc) is 2.55. The second-order valence-electron chi connectivity index (χ2n) is 5.68. The maximum atomic E-state index is 12.2. The Morgan fingerprint density at radius 1 is 1.12 bits per heavy atom. The van der Waals surface area contributed by atoms with Gasteiger partial charge in [0.25, 0.3) is 5.91 Å². The minimum Gasteiger partial charge on any atom is -0.343 e. The van der Waals surface area contributed by atoms with E-state index >= 15 is 0 Å². The first-order valence-corrected chi connectivity index (χ1v) is 9.48. The number of hydrogen-bond acceptors (Lipinski definition) is 4. The quantitative estimate of drug-likeness (QED) is 0.717. The number of rotatable bonds is 5. The van der Waals surface area contributed by atoms with Crippen LogP contribution in [-0.2, 0) is 14.8 Å². The maximum Gasteiger partial charge on any atom is 0.253 e. The fraction of sp³-hybridized carbons (Fsp3) is 0.176. The molecule has 0 aliphatic heterocycles. The third-order valence-electron chi connectivity index (χ3n) is 3.67. The van der Waals surface area contributed by atoms with Crippen LogP contribution < -0.4 is 15.8 Å². The third-order valence-corrected chi connectivity index (χ3v) is 4.91. The predicted molar refractivity (Wildman–Crippen MR) is 99.7 cm³/mol. The standard InChI is InChI=1S/C17H18ClN3O4S/c1-10-4-3-5-11(2)16(10)21-15(22)9-20-17(23)13-8-12(26(19,24)25)6-7-14(13)18/h3-8H,9H2,1-2H3,(H,20,23)(H,21,22)(H2,19,24,25). The Balaban J connectivity index is 2.08. The van der Waals surface area contributed by atoms with Crippen LogP contribution in [0.15, 0.2) is 41.3 Å². The highest BCUT2D eigenvalue weighted by Crippen LogP contribution is 2.20. The van der Waals surface area contributed by atoms with Gasteiger partial charge in [0.1, 0.15) is 0 Å². The van der Waals surface area contributed by atoms with Gasteiger partial charge >= 0.3 is 0 Å². The topological polar surface area (TPSA) is 118 Å². The molecule has 0 bridgehead atoms. The summed E-state index contributed by atoms with van der Waals surface area (Å²) in [4.78, 5) is 24.1. The molecule has 0 unspecified atom stereocenters. The predicted octanol–water partition coefficient (Wildman–Crippen LogP) is 1.97. The number of sulfonamides is 1. The van der Waals surface area contributed by atoms with E-state index in [2.05, 4.69) is 10.6 Å². The lowest BCUT2D eigenvalue weighted by atomic mass is 10.1. The normalized spacial score (nSPS) is 11.1. The fourth-order valence-corrected chi connectivity index (χ4v) is 3.05. The van der Waals surface area contributed by atoms with E-state index in [0.29, 0.717) is 5.69 Å². The van der Waals surface area contributed by atoms with Gasteiger partial charge < -0.3 is 10.6 Å². The minimum absolute atomic E-state index is 0.0463. The van der Waals surface area contributed by atoms with Crippen LogP contribution in [0.3, 0.4) is 0 Å². The first-order chi connectivity index (χ1) is 12.1. The number of aryl methyl sites for hydroxylation is 2. The summed E-state index contributed by atoms with van der Waals surface area (Å²) in [5.41, 5.74) is 2.39. The summed E-state index contributed by atoms with van der Waals surface area (Å²) in [5, 5.41) is 10.2. The summed E-state index contributed by atoms with van der Waals surface area (Å²) in [6.07, 6.45) is 0. The maximum absolute atomic E-state index is 12.2. The molecule has 26 heavy (non-hydrogen) atoms. The molecule has 0 spiro atoms. The molecule has 2 aromatic rings. The molecule has 9 heteroatoms. The monoisotopic (exact) mass is 395 g/mol. The van der Waals surface area contributed by atoms with E-state index in [1.54, 1.807) is 0 Å². The number of primary sulfonamides is 1. The molecule has 0 heterocycles. The Labute approximate surface area is 156 Å².